The maximum Gasteiger partial charge on any atom is 0.419 e. The summed E-state index contributed by atoms with van der Waals surface area (Å²) >= 11 is 0. The summed E-state index contributed by atoms with van der Waals surface area (Å²) in [5.41, 5.74) is 1.55. The number of anilines is 1. The molecule has 0 bridgehead atoms. The van der Waals surface area contributed by atoms with E-state index in [0.29, 0.717) is 10.8 Å². The van der Waals surface area contributed by atoms with Crippen LogP contribution in [-0.4, -0.2) is 59.8 Å². The van der Waals surface area contributed by atoms with Gasteiger partial charge in [0.1, 0.15) is 11.7 Å². The first-order chi connectivity index (χ1) is 16.3. The molecule has 0 aliphatic carbocycles. The fourth-order valence-electron chi connectivity index (χ4n) is 3.78. The van der Waals surface area contributed by atoms with Gasteiger partial charge in [0.25, 0.3) is 11.8 Å². The number of amides is 2. The summed E-state index contributed by atoms with van der Waals surface area (Å²) in [6.07, 6.45) is -4.90. The van der Waals surface area contributed by atoms with Gasteiger partial charge < -0.3 is 25.3 Å². The normalized spacial score (nSPS) is 20.8. The Kier molecular flexibility index (Phi) is 7.06. The van der Waals surface area contributed by atoms with Crippen LogP contribution in [0, 0.1) is 11.6 Å². The van der Waals surface area contributed by atoms with Crippen molar-refractivity contribution in [1.82, 2.24) is 4.73 Å². The zero-order valence-corrected chi connectivity index (χ0v) is 18.5. The Labute approximate surface area is 195 Å². The lowest BCUT2D eigenvalue weighted by atomic mass is 9.99. The second-order valence-corrected chi connectivity index (χ2v) is 7.62. The predicted octanol–water partition coefficient (Wildman–Crippen LogP) is 2.15. The number of carbonyl (C=O) groups is 2. The highest BCUT2D eigenvalue weighted by atomic mass is 19.4. The van der Waals surface area contributed by atoms with Gasteiger partial charge in [-0.2, -0.15) is 22.3 Å². The van der Waals surface area contributed by atoms with Gasteiger partial charge in [0.15, 0.2) is 17.2 Å². The molecule has 1 aromatic heterocycles. The number of benzene rings is 1. The molecule has 3 N–H and O–H groups in total. The summed E-state index contributed by atoms with van der Waals surface area (Å²) in [5.74, 6) is -5.56. The monoisotopic (exact) mass is 504 g/mol. The summed E-state index contributed by atoms with van der Waals surface area (Å²) in [6.45, 7) is 0.381. The number of hydrogen-bond donors (Lipinski definition) is 2. The minimum atomic E-state index is -4.94. The molecule has 0 unspecified atom stereocenters. The van der Waals surface area contributed by atoms with Crippen molar-refractivity contribution in [2.45, 2.75) is 31.2 Å². The first-order valence-corrected chi connectivity index (χ1v) is 10.1. The fourth-order valence-corrected chi connectivity index (χ4v) is 3.78. The van der Waals surface area contributed by atoms with E-state index in [-0.39, 0.29) is 17.7 Å². The largest absolute Gasteiger partial charge is 0.489 e. The van der Waals surface area contributed by atoms with Gasteiger partial charge in [0, 0.05) is 19.7 Å². The van der Waals surface area contributed by atoms with Crippen molar-refractivity contribution in [3.63, 3.8) is 0 Å². The summed E-state index contributed by atoms with van der Waals surface area (Å²) in [7, 11) is 0.820. The van der Waals surface area contributed by atoms with Crippen molar-refractivity contribution in [3.05, 3.63) is 53.1 Å². The van der Waals surface area contributed by atoms with E-state index in [4.69, 9.17) is 15.2 Å². The fraction of sp³-hybridized carbons (Fsp3) is 0.381. The van der Waals surface area contributed by atoms with Gasteiger partial charge in [-0.3, -0.25) is 9.59 Å². The second-order valence-electron chi connectivity index (χ2n) is 7.62. The Bertz CT molecular complexity index is 1220. The Hall–Kier alpha value is -3.68. The molecule has 2 heterocycles. The number of carbonyl (C=O) groups excluding carboxylic acids is 2. The van der Waals surface area contributed by atoms with Crippen LogP contribution in [0.2, 0.25) is 0 Å². The maximum atomic E-state index is 14.5. The number of aromatic nitrogens is 1. The Morgan fingerprint density at radius 3 is 2.54 bits per heavy atom. The van der Waals surface area contributed by atoms with Gasteiger partial charge in [0.05, 0.1) is 24.2 Å². The van der Waals surface area contributed by atoms with Crippen molar-refractivity contribution in [2.75, 3.05) is 25.2 Å². The molecule has 3 rings (SSSR count). The van der Waals surface area contributed by atoms with Crippen molar-refractivity contribution >= 4 is 17.5 Å². The number of primary amides is 1. The molecule has 0 radical (unpaired) electrons. The number of hydrogen-bond acceptors (Lipinski definition) is 6. The lowest BCUT2D eigenvalue weighted by molar-refractivity contribution is -0.261. The molecule has 190 valence electrons. The maximum absolute atomic E-state index is 14.5. The summed E-state index contributed by atoms with van der Waals surface area (Å²) < 4.78 is 80.7. The van der Waals surface area contributed by atoms with E-state index >= 15 is 0 Å². The van der Waals surface area contributed by atoms with E-state index in [9.17, 15) is 36.7 Å². The van der Waals surface area contributed by atoms with Crippen molar-refractivity contribution in [2.24, 2.45) is 10.7 Å². The molecule has 2 amide bonds. The van der Waals surface area contributed by atoms with Crippen LogP contribution in [0.1, 0.15) is 23.8 Å². The lowest BCUT2D eigenvalue weighted by Gasteiger charge is -2.31. The van der Waals surface area contributed by atoms with E-state index in [2.05, 4.69) is 4.99 Å². The molecular formula is C21H21F5N4O5. The molecule has 9 nitrogen and oxygen atoms in total. The lowest BCUT2D eigenvalue weighted by Crippen LogP contribution is -2.49. The molecule has 2 aromatic rings. The third-order valence-electron chi connectivity index (χ3n) is 5.55. The first-order valence-electron chi connectivity index (χ1n) is 10.1. The quantitative estimate of drug-likeness (QED) is 0.460. The smallest absolute Gasteiger partial charge is 0.419 e. The van der Waals surface area contributed by atoms with Crippen molar-refractivity contribution in [1.29, 1.82) is 0 Å². The number of rotatable bonds is 6. The second kappa shape index (κ2) is 9.52. The third-order valence-corrected chi connectivity index (χ3v) is 5.55. The minimum Gasteiger partial charge on any atom is -0.489 e. The number of pyridine rings is 1. The van der Waals surface area contributed by atoms with Crippen LogP contribution >= 0.6 is 0 Å². The Balaban J connectivity index is 2.16. The van der Waals surface area contributed by atoms with Crippen molar-refractivity contribution in [3.8, 4) is 5.75 Å². The van der Waals surface area contributed by atoms with E-state index in [1.165, 1.54) is 6.92 Å². The third kappa shape index (κ3) is 4.78. The number of methoxy groups -OCH3 is 1. The SMILES string of the molecule is CCOc1c(N2C[C@@](OC)(C(F)(F)F)C[C@H]2C(=O)N=c2ccn(O)c(C(N)=O)c2)ccc(F)c1F. The van der Waals surface area contributed by atoms with E-state index < -0.39 is 65.7 Å². The summed E-state index contributed by atoms with van der Waals surface area (Å²) in [4.78, 5) is 29.2. The van der Waals surface area contributed by atoms with Crippen LogP contribution in [-0.2, 0) is 9.53 Å². The molecule has 35 heavy (non-hydrogen) atoms. The minimum absolute atomic E-state index is 0.139. The number of ether oxygens (including phenoxy) is 2. The highest BCUT2D eigenvalue weighted by Crippen LogP contribution is 2.47. The van der Waals surface area contributed by atoms with Gasteiger partial charge in [-0.1, -0.05) is 0 Å². The standard InChI is InChI=1S/C21H21F5N4O5/c1-3-35-17-13(5-4-12(22)16(17)23)29-10-20(34-2,21(24,25)26)9-15(29)19(32)28-11-6-7-30(33)14(8-11)18(27)31/h4-8,15,33H,3,9-10H2,1-2H3,(H2,27,31)/t15-,20+/m0/s1. The van der Waals surface area contributed by atoms with Crippen LogP contribution in [0.15, 0.2) is 35.5 Å². The molecule has 0 spiro atoms. The number of alkyl halides is 3. The summed E-state index contributed by atoms with van der Waals surface area (Å²) in [5, 5.41) is 9.43. The highest BCUT2D eigenvalue weighted by Gasteiger charge is 2.63. The van der Waals surface area contributed by atoms with E-state index in [0.717, 1.165) is 36.4 Å². The van der Waals surface area contributed by atoms with Gasteiger partial charge in [-0.05, 0) is 31.2 Å². The van der Waals surface area contributed by atoms with Crippen LogP contribution < -0.4 is 20.7 Å². The first kappa shape index (κ1) is 25.9. The predicted molar refractivity (Wildman–Crippen MR) is 110 cm³/mol. The van der Waals surface area contributed by atoms with Crippen LogP contribution in [0.25, 0.3) is 0 Å². The van der Waals surface area contributed by atoms with Crippen molar-refractivity contribution < 1.29 is 46.2 Å². The molecule has 2 atom stereocenters. The Morgan fingerprint density at radius 2 is 1.97 bits per heavy atom. The number of halogens is 5. The van der Waals surface area contributed by atoms with Gasteiger partial charge in [-0.15, -0.1) is 0 Å². The van der Waals surface area contributed by atoms with Crippen LogP contribution in [0.4, 0.5) is 27.6 Å². The van der Waals surface area contributed by atoms with Crippen LogP contribution in [0.3, 0.4) is 0 Å². The average molecular weight is 504 g/mol. The molecule has 1 fully saturated rings. The van der Waals surface area contributed by atoms with Crippen LogP contribution in [0.5, 0.6) is 5.75 Å². The van der Waals surface area contributed by atoms with Gasteiger partial charge >= 0.3 is 6.18 Å². The molecule has 1 aliphatic rings. The zero-order chi connectivity index (χ0) is 26.1. The summed E-state index contributed by atoms with van der Waals surface area (Å²) in [6, 6.07) is 2.12. The molecule has 1 aromatic carbocycles. The van der Waals surface area contributed by atoms with Gasteiger partial charge in [0.2, 0.25) is 5.82 Å². The van der Waals surface area contributed by atoms with E-state index in [1.54, 1.807) is 0 Å². The molecular weight excluding hydrogens is 483 g/mol. The number of nitrogens with two attached hydrogens (primary N) is 1. The van der Waals surface area contributed by atoms with E-state index in [1.807, 2.05) is 0 Å². The zero-order valence-electron chi connectivity index (χ0n) is 18.5. The molecule has 1 saturated heterocycles. The average Bonchev–Trinajstić information content (AvgIpc) is 3.20. The number of nitrogens with zero attached hydrogens (tertiary/aromatic N) is 3. The molecule has 1 aliphatic heterocycles. The highest BCUT2D eigenvalue weighted by molar-refractivity contribution is 5.91. The topological polar surface area (TPSA) is 119 Å². The molecule has 0 saturated carbocycles. The Morgan fingerprint density at radius 1 is 1.29 bits per heavy atom. The molecule has 14 heteroatoms. The van der Waals surface area contributed by atoms with Gasteiger partial charge in [-0.25, -0.2) is 9.38 Å².